The molecule has 1 heterocycles. The van der Waals surface area contributed by atoms with E-state index in [2.05, 4.69) is 15.6 Å². The number of aromatic nitrogens is 3. The van der Waals surface area contributed by atoms with Crippen molar-refractivity contribution in [3.05, 3.63) is 41.5 Å². The predicted octanol–water partition coefficient (Wildman–Crippen LogP) is 2.14. The summed E-state index contributed by atoms with van der Waals surface area (Å²) in [4.78, 5) is 0. The Labute approximate surface area is 106 Å². The fourth-order valence-electron chi connectivity index (χ4n) is 1.54. The highest BCUT2D eigenvalue weighted by atomic mass is 19.4. The Morgan fingerprint density at radius 2 is 2.05 bits per heavy atom. The Morgan fingerprint density at radius 3 is 2.68 bits per heavy atom. The first-order valence-corrected chi connectivity index (χ1v) is 5.35. The fraction of sp³-hybridized carbons (Fsp3) is 0.273. The van der Waals surface area contributed by atoms with Crippen LogP contribution < -0.4 is 5.32 Å². The van der Waals surface area contributed by atoms with E-state index in [-0.39, 0.29) is 5.69 Å². The number of alkyl halides is 3. The average molecular weight is 274 g/mol. The molecule has 8 heteroatoms. The SMILES string of the molecule is CNCc1cn(-c2cc(C(F)(F)F)ccc2F)nn1. The van der Waals surface area contributed by atoms with Gasteiger partial charge in [-0.2, -0.15) is 13.2 Å². The van der Waals surface area contributed by atoms with Crippen LogP contribution >= 0.6 is 0 Å². The highest BCUT2D eigenvalue weighted by Crippen LogP contribution is 2.31. The summed E-state index contributed by atoms with van der Waals surface area (Å²) in [6.45, 7) is 0.389. The first-order valence-electron chi connectivity index (χ1n) is 5.35. The molecule has 0 aliphatic heterocycles. The lowest BCUT2D eigenvalue weighted by molar-refractivity contribution is -0.137. The zero-order valence-electron chi connectivity index (χ0n) is 9.87. The van der Waals surface area contributed by atoms with Crippen molar-refractivity contribution in [3.63, 3.8) is 0 Å². The molecule has 2 rings (SSSR count). The first-order chi connectivity index (χ1) is 8.91. The summed E-state index contributed by atoms with van der Waals surface area (Å²) in [6, 6.07) is 2.15. The maximum absolute atomic E-state index is 13.6. The number of nitrogens with zero attached hydrogens (tertiary/aromatic N) is 3. The third-order valence-corrected chi connectivity index (χ3v) is 2.42. The van der Waals surface area contributed by atoms with Gasteiger partial charge in [-0.3, -0.25) is 0 Å². The van der Waals surface area contributed by atoms with E-state index in [1.807, 2.05) is 0 Å². The van der Waals surface area contributed by atoms with E-state index in [0.29, 0.717) is 24.4 Å². The van der Waals surface area contributed by atoms with Gasteiger partial charge in [0.15, 0.2) is 0 Å². The molecular formula is C11H10F4N4. The molecule has 0 fully saturated rings. The van der Waals surface area contributed by atoms with E-state index in [0.717, 1.165) is 10.7 Å². The van der Waals surface area contributed by atoms with Crippen molar-refractivity contribution >= 4 is 0 Å². The van der Waals surface area contributed by atoms with Crippen LogP contribution in [0, 0.1) is 5.82 Å². The largest absolute Gasteiger partial charge is 0.416 e. The molecule has 1 N–H and O–H groups in total. The third kappa shape index (κ3) is 2.90. The fourth-order valence-corrected chi connectivity index (χ4v) is 1.54. The molecule has 0 radical (unpaired) electrons. The van der Waals surface area contributed by atoms with Crippen LogP contribution in [0.15, 0.2) is 24.4 Å². The quantitative estimate of drug-likeness (QED) is 0.872. The van der Waals surface area contributed by atoms with Gasteiger partial charge in [-0.25, -0.2) is 9.07 Å². The second-order valence-electron chi connectivity index (χ2n) is 3.85. The van der Waals surface area contributed by atoms with E-state index < -0.39 is 17.6 Å². The van der Waals surface area contributed by atoms with Gasteiger partial charge < -0.3 is 5.32 Å². The van der Waals surface area contributed by atoms with Gasteiger partial charge in [-0.05, 0) is 25.2 Å². The number of hydrogen-bond acceptors (Lipinski definition) is 3. The van der Waals surface area contributed by atoms with E-state index in [4.69, 9.17) is 0 Å². The van der Waals surface area contributed by atoms with Gasteiger partial charge in [0, 0.05) is 6.54 Å². The third-order valence-electron chi connectivity index (χ3n) is 2.42. The van der Waals surface area contributed by atoms with Crippen LogP contribution in [0.4, 0.5) is 17.6 Å². The summed E-state index contributed by atoms with van der Waals surface area (Å²) < 4.78 is 52.2. The molecule has 0 spiro atoms. The summed E-state index contributed by atoms with van der Waals surface area (Å²) in [7, 11) is 1.68. The zero-order chi connectivity index (χ0) is 14.0. The van der Waals surface area contributed by atoms with Crippen molar-refractivity contribution in [2.75, 3.05) is 7.05 Å². The molecular weight excluding hydrogens is 264 g/mol. The minimum absolute atomic E-state index is 0.287. The number of hydrogen-bond donors (Lipinski definition) is 1. The van der Waals surface area contributed by atoms with Crippen molar-refractivity contribution < 1.29 is 17.6 Å². The van der Waals surface area contributed by atoms with E-state index in [1.54, 1.807) is 7.05 Å². The molecule has 1 aromatic carbocycles. The van der Waals surface area contributed by atoms with Crippen molar-refractivity contribution in [2.24, 2.45) is 0 Å². The van der Waals surface area contributed by atoms with Crippen LogP contribution in [-0.2, 0) is 12.7 Å². The number of halogens is 4. The van der Waals surface area contributed by atoms with Crippen LogP contribution in [-0.4, -0.2) is 22.0 Å². The lowest BCUT2D eigenvalue weighted by atomic mass is 10.2. The first kappa shape index (κ1) is 13.5. The molecule has 0 aliphatic carbocycles. The van der Waals surface area contributed by atoms with Crippen molar-refractivity contribution in [3.8, 4) is 5.69 Å². The van der Waals surface area contributed by atoms with Gasteiger partial charge in [0.25, 0.3) is 0 Å². The molecule has 0 atom stereocenters. The maximum Gasteiger partial charge on any atom is 0.416 e. The summed E-state index contributed by atoms with van der Waals surface area (Å²) in [6.07, 6.45) is -3.16. The Balaban J connectivity index is 2.42. The summed E-state index contributed by atoms with van der Waals surface area (Å²) in [5, 5.41) is 10.1. The molecule has 2 aromatic rings. The topological polar surface area (TPSA) is 42.7 Å². The van der Waals surface area contributed by atoms with Gasteiger partial charge in [0.05, 0.1) is 17.5 Å². The molecule has 0 saturated carbocycles. The summed E-state index contributed by atoms with van der Waals surface area (Å²) in [5.41, 5.74) is -0.724. The number of nitrogens with one attached hydrogen (secondary N) is 1. The van der Waals surface area contributed by atoms with Crippen LogP contribution in [0.3, 0.4) is 0 Å². The van der Waals surface area contributed by atoms with E-state index in [9.17, 15) is 17.6 Å². The Bertz CT molecular complexity index is 576. The molecule has 19 heavy (non-hydrogen) atoms. The molecule has 102 valence electrons. The second kappa shape index (κ2) is 4.96. The lowest BCUT2D eigenvalue weighted by Crippen LogP contribution is -2.08. The summed E-state index contributed by atoms with van der Waals surface area (Å²) >= 11 is 0. The summed E-state index contributed by atoms with van der Waals surface area (Å²) in [5.74, 6) is -0.797. The Hall–Kier alpha value is -1.96. The zero-order valence-corrected chi connectivity index (χ0v) is 9.87. The maximum atomic E-state index is 13.6. The standard InChI is InChI=1S/C11H10F4N4/c1-16-5-8-6-19(18-17-8)10-4-7(11(13,14)15)2-3-9(10)12/h2-4,6,16H,5H2,1H3. The van der Waals surface area contributed by atoms with Crippen molar-refractivity contribution in [2.45, 2.75) is 12.7 Å². The minimum Gasteiger partial charge on any atom is -0.314 e. The van der Waals surface area contributed by atoms with Gasteiger partial charge in [0.1, 0.15) is 11.5 Å². The van der Waals surface area contributed by atoms with Crippen LogP contribution in [0.5, 0.6) is 0 Å². The Morgan fingerprint density at radius 1 is 1.32 bits per heavy atom. The van der Waals surface area contributed by atoms with Gasteiger partial charge in [-0.15, -0.1) is 5.10 Å². The smallest absolute Gasteiger partial charge is 0.314 e. The van der Waals surface area contributed by atoms with Crippen LogP contribution in [0.25, 0.3) is 5.69 Å². The molecule has 0 aliphatic rings. The molecule has 0 unspecified atom stereocenters. The monoisotopic (exact) mass is 274 g/mol. The molecule has 0 amide bonds. The highest BCUT2D eigenvalue weighted by molar-refractivity contribution is 5.38. The van der Waals surface area contributed by atoms with E-state index in [1.165, 1.54) is 6.20 Å². The number of benzene rings is 1. The highest BCUT2D eigenvalue weighted by Gasteiger charge is 2.31. The van der Waals surface area contributed by atoms with Crippen LogP contribution in [0.2, 0.25) is 0 Å². The predicted molar refractivity (Wildman–Crippen MR) is 59.1 cm³/mol. The van der Waals surface area contributed by atoms with Gasteiger partial charge >= 0.3 is 6.18 Å². The average Bonchev–Trinajstić information content (AvgIpc) is 2.77. The second-order valence-corrected chi connectivity index (χ2v) is 3.85. The van der Waals surface area contributed by atoms with Crippen LogP contribution in [0.1, 0.15) is 11.3 Å². The molecule has 1 aromatic heterocycles. The van der Waals surface area contributed by atoms with Gasteiger partial charge in [0.2, 0.25) is 0 Å². The Kier molecular flexibility index (Phi) is 3.52. The van der Waals surface area contributed by atoms with Crippen molar-refractivity contribution in [1.82, 2.24) is 20.3 Å². The minimum atomic E-state index is -4.53. The van der Waals surface area contributed by atoms with Crippen molar-refractivity contribution in [1.29, 1.82) is 0 Å². The molecule has 0 bridgehead atoms. The van der Waals surface area contributed by atoms with Gasteiger partial charge in [-0.1, -0.05) is 5.21 Å². The van der Waals surface area contributed by atoms with E-state index >= 15 is 0 Å². The lowest BCUT2D eigenvalue weighted by Gasteiger charge is -2.09. The molecule has 4 nitrogen and oxygen atoms in total. The normalized spacial score (nSPS) is 11.8. The number of rotatable bonds is 3. The molecule has 0 saturated heterocycles.